The molecule has 1 aromatic rings. The molecule has 0 saturated heterocycles. The van der Waals surface area contributed by atoms with Crippen molar-refractivity contribution in [2.75, 3.05) is 0 Å². The van der Waals surface area contributed by atoms with Gasteiger partial charge in [-0.15, -0.1) is 0 Å². The second-order valence-electron chi connectivity index (χ2n) is 3.26. The van der Waals surface area contributed by atoms with Gasteiger partial charge >= 0.3 is 0 Å². The van der Waals surface area contributed by atoms with E-state index in [9.17, 15) is 9.90 Å². The highest BCUT2D eigenvalue weighted by atomic mass is 16.5. The van der Waals surface area contributed by atoms with Gasteiger partial charge in [-0.05, 0) is 25.1 Å². The van der Waals surface area contributed by atoms with Crippen LogP contribution in [0.2, 0.25) is 0 Å². The van der Waals surface area contributed by atoms with E-state index in [1.54, 1.807) is 6.07 Å². The van der Waals surface area contributed by atoms with Crippen molar-refractivity contribution in [2.24, 2.45) is 0 Å². The van der Waals surface area contributed by atoms with Crippen LogP contribution in [0.5, 0.6) is 11.5 Å². The van der Waals surface area contributed by atoms with Gasteiger partial charge in [0, 0.05) is 17.5 Å². The molecule has 0 radical (unpaired) electrons. The average molecular weight is 190 g/mol. The zero-order valence-electron chi connectivity index (χ0n) is 7.78. The zero-order valence-corrected chi connectivity index (χ0v) is 7.78. The molecule has 1 aromatic carbocycles. The summed E-state index contributed by atoms with van der Waals surface area (Å²) in [6.45, 7) is 1.84. The number of aromatic hydroxyl groups is 1. The van der Waals surface area contributed by atoms with Crippen LogP contribution in [0.3, 0.4) is 0 Å². The lowest BCUT2D eigenvalue weighted by Crippen LogP contribution is -2.03. The fourth-order valence-electron chi connectivity index (χ4n) is 1.48. The molecule has 1 N–H and O–H groups in total. The highest BCUT2D eigenvalue weighted by Gasteiger charge is 2.15. The van der Waals surface area contributed by atoms with E-state index in [0.717, 1.165) is 11.3 Å². The molecular weight excluding hydrogens is 180 g/mol. The van der Waals surface area contributed by atoms with Gasteiger partial charge < -0.3 is 9.84 Å². The van der Waals surface area contributed by atoms with Gasteiger partial charge in [0.2, 0.25) is 0 Å². The Morgan fingerprint density at radius 2 is 2.29 bits per heavy atom. The van der Waals surface area contributed by atoms with Gasteiger partial charge in [0.15, 0.2) is 0 Å². The van der Waals surface area contributed by atoms with Gasteiger partial charge in [0.1, 0.15) is 17.8 Å². The Morgan fingerprint density at radius 3 is 3.00 bits per heavy atom. The van der Waals surface area contributed by atoms with Crippen LogP contribution in [0.15, 0.2) is 24.0 Å². The van der Waals surface area contributed by atoms with Crippen LogP contribution >= 0.6 is 0 Å². The molecule has 1 heterocycles. The molecule has 2 rings (SSSR count). The Bertz CT molecular complexity index is 419. The van der Waals surface area contributed by atoms with Crippen molar-refractivity contribution in [3.63, 3.8) is 0 Å². The summed E-state index contributed by atoms with van der Waals surface area (Å²) in [6.07, 6.45) is 3.23. The molecule has 0 amide bonds. The van der Waals surface area contributed by atoms with E-state index in [2.05, 4.69) is 0 Å². The summed E-state index contributed by atoms with van der Waals surface area (Å²) < 4.78 is 5.40. The van der Waals surface area contributed by atoms with Crippen molar-refractivity contribution >= 4 is 6.29 Å². The number of phenolic OH excluding ortho intramolecular Hbond substituents is 1. The number of benzene rings is 1. The van der Waals surface area contributed by atoms with Crippen LogP contribution in [-0.2, 0) is 6.42 Å². The molecular formula is C11H10O3. The summed E-state index contributed by atoms with van der Waals surface area (Å²) in [7, 11) is 0. The van der Waals surface area contributed by atoms with E-state index in [4.69, 9.17) is 4.74 Å². The maximum absolute atomic E-state index is 10.5. The Morgan fingerprint density at radius 1 is 1.50 bits per heavy atom. The number of allylic oxidation sites excluding steroid dienone is 2. The summed E-state index contributed by atoms with van der Waals surface area (Å²) in [4.78, 5) is 10.5. The summed E-state index contributed by atoms with van der Waals surface area (Å²) >= 11 is 0. The van der Waals surface area contributed by atoms with Crippen LogP contribution in [0.1, 0.15) is 22.8 Å². The van der Waals surface area contributed by atoms with E-state index in [0.29, 0.717) is 24.0 Å². The predicted molar refractivity (Wildman–Crippen MR) is 51.6 cm³/mol. The average Bonchev–Trinajstić information content (AvgIpc) is 2.16. The van der Waals surface area contributed by atoms with Gasteiger partial charge in [-0.25, -0.2) is 0 Å². The monoisotopic (exact) mass is 190 g/mol. The molecule has 0 saturated carbocycles. The SMILES string of the molecule is CC1=CCc2c(O)cc(C=O)cc2O1. The van der Waals surface area contributed by atoms with E-state index in [1.807, 2.05) is 13.0 Å². The largest absolute Gasteiger partial charge is 0.507 e. The van der Waals surface area contributed by atoms with Gasteiger partial charge in [-0.1, -0.05) is 0 Å². The lowest BCUT2D eigenvalue weighted by atomic mass is 10.0. The third-order valence-electron chi connectivity index (χ3n) is 2.21. The predicted octanol–water partition coefficient (Wildman–Crippen LogP) is 2.04. The van der Waals surface area contributed by atoms with Crippen molar-refractivity contribution in [2.45, 2.75) is 13.3 Å². The lowest BCUT2D eigenvalue weighted by molar-refractivity contribution is 0.112. The van der Waals surface area contributed by atoms with E-state index >= 15 is 0 Å². The Kier molecular flexibility index (Phi) is 2.00. The van der Waals surface area contributed by atoms with Crippen LogP contribution in [0.4, 0.5) is 0 Å². The maximum Gasteiger partial charge on any atom is 0.150 e. The summed E-state index contributed by atoms with van der Waals surface area (Å²) in [5, 5.41) is 9.59. The fraction of sp³-hybridized carbons (Fsp3) is 0.182. The van der Waals surface area contributed by atoms with Crippen LogP contribution in [0.25, 0.3) is 0 Å². The van der Waals surface area contributed by atoms with E-state index < -0.39 is 0 Å². The molecule has 0 atom stereocenters. The molecule has 0 fully saturated rings. The number of aldehydes is 1. The maximum atomic E-state index is 10.5. The minimum Gasteiger partial charge on any atom is -0.507 e. The van der Waals surface area contributed by atoms with Crippen LogP contribution in [0, 0.1) is 0 Å². The van der Waals surface area contributed by atoms with Gasteiger partial charge in [-0.3, -0.25) is 4.79 Å². The molecule has 0 aliphatic carbocycles. The first-order valence-electron chi connectivity index (χ1n) is 4.36. The first kappa shape index (κ1) is 8.81. The second-order valence-corrected chi connectivity index (χ2v) is 3.26. The highest BCUT2D eigenvalue weighted by Crippen LogP contribution is 2.33. The molecule has 14 heavy (non-hydrogen) atoms. The zero-order chi connectivity index (χ0) is 10.1. The third-order valence-corrected chi connectivity index (χ3v) is 2.21. The van der Waals surface area contributed by atoms with Crippen molar-refractivity contribution in [1.29, 1.82) is 0 Å². The van der Waals surface area contributed by atoms with Crippen LogP contribution < -0.4 is 4.74 Å². The van der Waals surface area contributed by atoms with Crippen molar-refractivity contribution in [3.05, 3.63) is 35.1 Å². The number of hydrogen-bond donors (Lipinski definition) is 1. The third kappa shape index (κ3) is 1.37. The van der Waals surface area contributed by atoms with Gasteiger partial charge in [-0.2, -0.15) is 0 Å². The Hall–Kier alpha value is -1.77. The summed E-state index contributed by atoms with van der Waals surface area (Å²) in [6, 6.07) is 3.09. The minimum atomic E-state index is 0.119. The molecule has 1 aliphatic rings. The summed E-state index contributed by atoms with van der Waals surface area (Å²) in [5.74, 6) is 1.49. The standard InChI is InChI=1S/C11H10O3/c1-7-2-3-9-10(13)4-8(6-12)5-11(9)14-7/h2,4-6,13H,3H2,1H3. The first-order valence-corrected chi connectivity index (χ1v) is 4.36. The minimum absolute atomic E-state index is 0.119. The molecule has 0 bridgehead atoms. The van der Waals surface area contributed by atoms with E-state index in [-0.39, 0.29) is 5.75 Å². The van der Waals surface area contributed by atoms with Gasteiger partial charge in [0.05, 0.1) is 5.76 Å². The second kappa shape index (κ2) is 3.18. The molecule has 0 spiro atoms. The Labute approximate surface area is 81.6 Å². The fourth-order valence-corrected chi connectivity index (χ4v) is 1.48. The van der Waals surface area contributed by atoms with Gasteiger partial charge in [0.25, 0.3) is 0 Å². The number of phenols is 1. The number of rotatable bonds is 1. The topological polar surface area (TPSA) is 46.5 Å². The highest BCUT2D eigenvalue weighted by molar-refractivity contribution is 5.77. The molecule has 0 aromatic heterocycles. The number of fused-ring (bicyclic) bond motifs is 1. The smallest absolute Gasteiger partial charge is 0.150 e. The van der Waals surface area contributed by atoms with Crippen molar-refractivity contribution < 1.29 is 14.6 Å². The van der Waals surface area contributed by atoms with Crippen molar-refractivity contribution in [1.82, 2.24) is 0 Å². The normalized spacial score (nSPS) is 13.9. The molecule has 1 aliphatic heterocycles. The Balaban J connectivity index is 2.53. The quantitative estimate of drug-likeness (QED) is 0.689. The number of carbonyl (C=O) groups is 1. The molecule has 72 valence electrons. The molecule has 0 unspecified atom stereocenters. The van der Waals surface area contributed by atoms with E-state index in [1.165, 1.54) is 6.07 Å². The number of ether oxygens (including phenoxy) is 1. The molecule has 3 nitrogen and oxygen atoms in total. The first-order chi connectivity index (χ1) is 6.70. The van der Waals surface area contributed by atoms with Crippen molar-refractivity contribution in [3.8, 4) is 11.5 Å². The lowest BCUT2D eigenvalue weighted by Gasteiger charge is -2.17. The molecule has 3 heteroatoms. The van der Waals surface area contributed by atoms with Crippen LogP contribution in [-0.4, -0.2) is 11.4 Å². The number of carbonyl (C=O) groups excluding carboxylic acids is 1. The summed E-state index contributed by atoms with van der Waals surface area (Å²) in [5.41, 5.74) is 1.16. The number of hydrogen-bond acceptors (Lipinski definition) is 3.